The molecule has 7 nitrogen and oxygen atoms in total. The predicted molar refractivity (Wildman–Crippen MR) is 91.0 cm³/mol. The Morgan fingerprint density at radius 2 is 1.96 bits per heavy atom. The van der Waals surface area contributed by atoms with Crippen LogP contribution in [0.5, 0.6) is 0 Å². The zero-order chi connectivity index (χ0) is 19.7. The van der Waals surface area contributed by atoms with Gasteiger partial charge in [-0.1, -0.05) is 17.3 Å². The second-order valence-corrected chi connectivity index (χ2v) is 6.87. The molecule has 150 valence electrons. The van der Waals surface area contributed by atoms with Crippen LogP contribution < -0.4 is 0 Å². The maximum absolute atomic E-state index is 12.9. The SMILES string of the molecule is O=C1OCC[C@@H]1N1CCN(Cc2nc(-c3cccc(C(F)(F)F)c3)no2)CC1. The van der Waals surface area contributed by atoms with Crippen LogP contribution in [-0.2, 0) is 22.3 Å². The van der Waals surface area contributed by atoms with E-state index in [1.54, 1.807) is 0 Å². The van der Waals surface area contributed by atoms with Gasteiger partial charge in [0.2, 0.25) is 11.7 Å². The summed E-state index contributed by atoms with van der Waals surface area (Å²) in [7, 11) is 0. The third-order valence-corrected chi connectivity index (χ3v) is 5.03. The first-order valence-electron chi connectivity index (χ1n) is 9.03. The molecular weight excluding hydrogens is 377 g/mol. The number of rotatable bonds is 4. The minimum absolute atomic E-state index is 0.133. The summed E-state index contributed by atoms with van der Waals surface area (Å²) in [5, 5.41) is 3.81. The molecule has 0 amide bonds. The summed E-state index contributed by atoms with van der Waals surface area (Å²) in [6.07, 6.45) is -3.70. The number of cyclic esters (lactones) is 1. The Bertz CT molecular complexity index is 847. The number of esters is 1. The van der Waals surface area contributed by atoms with Gasteiger partial charge in [0, 0.05) is 38.2 Å². The van der Waals surface area contributed by atoms with Crippen molar-refractivity contribution in [2.45, 2.75) is 25.2 Å². The van der Waals surface area contributed by atoms with Crippen LogP contribution in [0.4, 0.5) is 13.2 Å². The molecule has 2 aliphatic rings. The van der Waals surface area contributed by atoms with E-state index in [1.165, 1.54) is 12.1 Å². The smallest absolute Gasteiger partial charge is 0.416 e. The van der Waals surface area contributed by atoms with Crippen LogP contribution in [0.3, 0.4) is 0 Å². The van der Waals surface area contributed by atoms with Gasteiger partial charge in [0.15, 0.2) is 0 Å². The average Bonchev–Trinajstić information content (AvgIpc) is 3.31. The lowest BCUT2D eigenvalue weighted by atomic mass is 10.1. The van der Waals surface area contributed by atoms with Gasteiger partial charge in [0.25, 0.3) is 0 Å². The van der Waals surface area contributed by atoms with Gasteiger partial charge >= 0.3 is 12.1 Å². The Morgan fingerprint density at radius 3 is 2.64 bits per heavy atom. The molecule has 2 aliphatic heterocycles. The molecule has 0 spiro atoms. The zero-order valence-corrected chi connectivity index (χ0v) is 15.0. The summed E-state index contributed by atoms with van der Waals surface area (Å²) < 4.78 is 48.8. The van der Waals surface area contributed by atoms with Crippen molar-refractivity contribution in [1.82, 2.24) is 19.9 Å². The zero-order valence-electron chi connectivity index (χ0n) is 15.0. The van der Waals surface area contributed by atoms with E-state index >= 15 is 0 Å². The van der Waals surface area contributed by atoms with E-state index in [-0.39, 0.29) is 23.4 Å². The largest absolute Gasteiger partial charge is 0.464 e. The van der Waals surface area contributed by atoms with Gasteiger partial charge in [-0.25, -0.2) is 0 Å². The van der Waals surface area contributed by atoms with E-state index < -0.39 is 11.7 Å². The van der Waals surface area contributed by atoms with Crippen LogP contribution in [0.25, 0.3) is 11.4 Å². The van der Waals surface area contributed by atoms with E-state index in [9.17, 15) is 18.0 Å². The summed E-state index contributed by atoms with van der Waals surface area (Å²) in [4.78, 5) is 20.2. The molecule has 0 bridgehead atoms. The Kier molecular flexibility index (Phi) is 5.07. The lowest BCUT2D eigenvalue weighted by Gasteiger charge is -2.35. The molecule has 10 heteroatoms. The Morgan fingerprint density at radius 1 is 1.18 bits per heavy atom. The van der Waals surface area contributed by atoms with Crippen molar-refractivity contribution in [3.8, 4) is 11.4 Å². The topological polar surface area (TPSA) is 71.7 Å². The van der Waals surface area contributed by atoms with Gasteiger partial charge in [-0.3, -0.25) is 14.6 Å². The fourth-order valence-electron chi connectivity index (χ4n) is 3.51. The molecule has 0 N–H and O–H groups in total. The van der Waals surface area contributed by atoms with Gasteiger partial charge in [-0.05, 0) is 12.1 Å². The molecular formula is C18H19F3N4O3. The maximum Gasteiger partial charge on any atom is 0.416 e. The third-order valence-electron chi connectivity index (χ3n) is 5.03. The number of carbonyl (C=O) groups is 1. The molecule has 1 atom stereocenters. The molecule has 3 heterocycles. The fourth-order valence-corrected chi connectivity index (χ4v) is 3.51. The van der Waals surface area contributed by atoms with Crippen LogP contribution in [0.2, 0.25) is 0 Å². The Labute approximate surface area is 159 Å². The number of ether oxygens (including phenoxy) is 1. The first kappa shape index (κ1) is 18.9. The highest BCUT2D eigenvalue weighted by molar-refractivity contribution is 5.77. The highest BCUT2D eigenvalue weighted by Gasteiger charge is 2.34. The number of aromatic nitrogens is 2. The number of alkyl halides is 3. The molecule has 2 fully saturated rings. The standard InChI is InChI=1S/C18H19F3N4O3/c19-18(20,21)13-3-1-2-12(10-13)16-22-15(28-23-16)11-24-5-7-25(8-6-24)14-4-9-27-17(14)26/h1-3,10,14H,4-9,11H2/t14-/m0/s1. The molecule has 0 saturated carbocycles. The first-order valence-corrected chi connectivity index (χ1v) is 9.03. The molecule has 4 rings (SSSR count). The van der Waals surface area contributed by atoms with E-state index in [0.717, 1.165) is 44.7 Å². The highest BCUT2D eigenvalue weighted by Crippen LogP contribution is 2.31. The van der Waals surface area contributed by atoms with Crippen LogP contribution in [0, 0.1) is 0 Å². The Balaban J connectivity index is 1.36. The fraction of sp³-hybridized carbons (Fsp3) is 0.500. The third kappa shape index (κ3) is 4.02. The van der Waals surface area contributed by atoms with Crippen molar-refractivity contribution in [3.63, 3.8) is 0 Å². The highest BCUT2D eigenvalue weighted by atomic mass is 19.4. The van der Waals surface area contributed by atoms with E-state index in [4.69, 9.17) is 9.26 Å². The summed E-state index contributed by atoms with van der Waals surface area (Å²) in [6, 6.07) is 4.70. The number of carbonyl (C=O) groups excluding carboxylic acids is 1. The van der Waals surface area contributed by atoms with Crippen LogP contribution in [0.15, 0.2) is 28.8 Å². The second kappa shape index (κ2) is 7.51. The summed E-state index contributed by atoms with van der Waals surface area (Å²) in [5.41, 5.74) is -0.493. The van der Waals surface area contributed by atoms with Crippen molar-refractivity contribution < 1.29 is 27.2 Å². The molecule has 0 unspecified atom stereocenters. The summed E-state index contributed by atoms with van der Waals surface area (Å²) in [5.74, 6) is 0.325. The Hall–Kier alpha value is -2.46. The van der Waals surface area contributed by atoms with Crippen molar-refractivity contribution in [2.24, 2.45) is 0 Å². The van der Waals surface area contributed by atoms with Crippen LogP contribution in [0.1, 0.15) is 17.9 Å². The minimum atomic E-state index is -4.42. The summed E-state index contributed by atoms with van der Waals surface area (Å²) >= 11 is 0. The predicted octanol–water partition coefficient (Wildman–Crippen LogP) is 2.19. The number of nitrogens with zero attached hydrogens (tertiary/aromatic N) is 4. The number of hydrogen-bond donors (Lipinski definition) is 0. The number of piperazine rings is 1. The minimum Gasteiger partial charge on any atom is -0.464 e. The number of benzene rings is 1. The first-order chi connectivity index (χ1) is 13.4. The normalized spacial score (nSPS) is 21.8. The molecule has 2 saturated heterocycles. The van der Waals surface area contributed by atoms with Crippen molar-refractivity contribution in [1.29, 1.82) is 0 Å². The van der Waals surface area contributed by atoms with E-state index in [0.29, 0.717) is 19.0 Å². The van der Waals surface area contributed by atoms with Crippen LogP contribution in [-0.4, -0.2) is 64.7 Å². The van der Waals surface area contributed by atoms with Gasteiger partial charge in [-0.2, -0.15) is 18.2 Å². The number of hydrogen-bond acceptors (Lipinski definition) is 7. The van der Waals surface area contributed by atoms with Gasteiger partial charge in [-0.15, -0.1) is 0 Å². The van der Waals surface area contributed by atoms with E-state index in [1.807, 2.05) is 0 Å². The monoisotopic (exact) mass is 396 g/mol. The number of halogens is 3. The van der Waals surface area contributed by atoms with Gasteiger partial charge < -0.3 is 9.26 Å². The molecule has 1 aromatic heterocycles. The van der Waals surface area contributed by atoms with Gasteiger partial charge in [0.1, 0.15) is 6.04 Å². The van der Waals surface area contributed by atoms with Crippen molar-refractivity contribution >= 4 is 5.97 Å². The molecule has 0 aliphatic carbocycles. The van der Waals surface area contributed by atoms with Crippen molar-refractivity contribution in [3.05, 3.63) is 35.7 Å². The average molecular weight is 396 g/mol. The molecule has 28 heavy (non-hydrogen) atoms. The molecule has 1 aromatic carbocycles. The van der Waals surface area contributed by atoms with Crippen molar-refractivity contribution in [2.75, 3.05) is 32.8 Å². The lowest BCUT2D eigenvalue weighted by molar-refractivity contribution is -0.143. The van der Waals surface area contributed by atoms with Crippen LogP contribution >= 0.6 is 0 Å². The quantitative estimate of drug-likeness (QED) is 0.734. The van der Waals surface area contributed by atoms with E-state index in [2.05, 4.69) is 19.9 Å². The maximum atomic E-state index is 12.9. The molecule has 0 radical (unpaired) electrons. The second-order valence-electron chi connectivity index (χ2n) is 6.87. The van der Waals surface area contributed by atoms with Gasteiger partial charge in [0.05, 0.1) is 18.7 Å². The summed E-state index contributed by atoms with van der Waals surface area (Å²) in [6.45, 7) is 3.80. The lowest BCUT2D eigenvalue weighted by Crippen LogP contribution is -2.51. The molecule has 2 aromatic rings.